The number of hydrogen-bond donors (Lipinski definition) is 0. The van der Waals surface area contributed by atoms with Crippen LogP contribution in [0.4, 0.5) is 0 Å². The van der Waals surface area contributed by atoms with Crippen molar-refractivity contribution >= 4 is 25.9 Å². The molecule has 1 fully saturated rings. The van der Waals surface area contributed by atoms with Crippen molar-refractivity contribution in [3.63, 3.8) is 0 Å². The zero-order chi connectivity index (χ0) is 12.0. The average molecular weight is 216 g/mol. The van der Waals surface area contributed by atoms with Crippen LogP contribution in [-0.2, 0) is 9.31 Å². The van der Waals surface area contributed by atoms with Crippen molar-refractivity contribution in [1.29, 1.82) is 0 Å². The lowest BCUT2D eigenvalue weighted by molar-refractivity contribution is 0.00578. The molecular formula is C12H18B2O2. The normalized spacial score (nSPS) is 22.4. The van der Waals surface area contributed by atoms with Crippen LogP contribution in [0.3, 0.4) is 0 Å². The molecule has 1 saturated heterocycles. The minimum atomic E-state index is -0.262. The highest BCUT2D eigenvalue weighted by atomic mass is 16.7. The number of hydrogen-bond acceptors (Lipinski definition) is 2. The second-order valence-corrected chi connectivity index (χ2v) is 5.50. The van der Waals surface area contributed by atoms with Gasteiger partial charge in [0, 0.05) is 0 Å². The molecule has 2 nitrogen and oxygen atoms in total. The van der Waals surface area contributed by atoms with Crippen molar-refractivity contribution in [2.24, 2.45) is 0 Å². The Bertz CT molecular complexity index is 386. The van der Waals surface area contributed by atoms with E-state index in [2.05, 4.69) is 53.7 Å². The molecule has 0 spiro atoms. The van der Waals surface area contributed by atoms with E-state index < -0.39 is 0 Å². The van der Waals surface area contributed by atoms with Gasteiger partial charge in [-0.1, -0.05) is 29.7 Å². The zero-order valence-corrected chi connectivity index (χ0v) is 10.7. The van der Waals surface area contributed by atoms with Crippen LogP contribution >= 0.6 is 0 Å². The standard InChI is InChI=1S/C12H18B2O2/c1-11(2)12(3,4)16-14(15-11)10-7-5-6-9(13)8-10/h5-8H,13H2,1-4H3. The van der Waals surface area contributed by atoms with Crippen LogP contribution in [0.5, 0.6) is 0 Å². The third-order valence-corrected chi connectivity index (χ3v) is 3.57. The molecule has 0 unspecified atom stereocenters. The molecule has 0 saturated carbocycles. The van der Waals surface area contributed by atoms with Gasteiger partial charge in [-0.3, -0.25) is 0 Å². The molecule has 1 aromatic rings. The molecule has 0 radical (unpaired) electrons. The molecule has 1 aliphatic heterocycles. The van der Waals surface area contributed by atoms with Crippen molar-refractivity contribution in [2.75, 3.05) is 0 Å². The summed E-state index contributed by atoms with van der Waals surface area (Å²) in [5.41, 5.74) is 1.80. The average Bonchev–Trinajstić information content (AvgIpc) is 2.36. The molecule has 16 heavy (non-hydrogen) atoms. The van der Waals surface area contributed by atoms with Gasteiger partial charge in [-0.15, -0.1) is 0 Å². The molecule has 4 heteroatoms. The summed E-state index contributed by atoms with van der Waals surface area (Å²) >= 11 is 0. The van der Waals surface area contributed by atoms with E-state index in [1.165, 1.54) is 5.46 Å². The summed E-state index contributed by atoms with van der Waals surface area (Å²) in [6.07, 6.45) is 0. The summed E-state index contributed by atoms with van der Waals surface area (Å²) in [5.74, 6) is 0. The third-order valence-electron chi connectivity index (χ3n) is 3.57. The molecule has 0 aliphatic carbocycles. The largest absolute Gasteiger partial charge is 0.494 e. The molecular weight excluding hydrogens is 198 g/mol. The van der Waals surface area contributed by atoms with Crippen molar-refractivity contribution in [2.45, 2.75) is 38.9 Å². The quantitative estimate of drug-likeness (QED) is 0.626. The molecule has 1 aliphatic rings. The Hall–Kier alpha value is -0.730. The maximum absolute atomic E-state index is 5.98. The van der Waals surface area contributed by atoms with E-state index >= 15 is 0 Å². The third kappa shape index (κ3) is 1.92. The Morgan fingerprint density at radius 2 is 1.62 bits per heavy atom. The molecule has 0 aromatic heterocycles. The van der Waals surface area contributed by atoms with Crippen LogP contribution in [0.15, 0.2) is 24.3 Å². The summed E-state index contributed by atoms with van der Waals surface area (Å²) in [5, 5.41) is 0. The summed E-state index contributed by atoms with van der Waals surface area (Å²) < 4.78 is 12.0. The fourth-order valence-electron chi connectivity index (χ4n) is 1.80. The molecule has 0 atom stereocenters. The van der Waals surface area contributed by atoms with E-state index in [0.717, 1.165) is 5.46 Å². The first kappa shape index (κ1) is 11.7. The summed E-state index contributed by atoms with van der Waals surface area (Å²) in [6.45, 7) is 8.29. The molecule has 1 aromatic carbocycles. The molecule has 84 valence electrons. The number of benzene rings is 1. The summed E-state index contributed by atoms with van der Waals surface area (Å²) in [7, 11) is 1.83. The minimum Gasteiger partial charge on any atom is -0.399 e. The second kappa shape index (κ2) is 3.64. The number of rotatable bonds is 1. The van der Waals surface area contributed by atoms with Crippen molar-refractivity contribution in [1.82, 2.24) is 0 Å². The van der Waals surface area contributed by atoms with Crippen LogP contribution in [0.1, 0.15) is 27.7 Å². The Balaban J connectivity index is 2.27. The van der Waals surface area contributed by atoms with E-state index in [4.69, 9.17) is 9.31 Å². The molecule has 1 heterocycles. The highest BCUT2D eigenvalue weighted by Crippen LogP contribution is 2.36. The molecule has 0 N–H and O–H groups in total. The summed E-state index contributed by atoms with van der Waals surface area (Å²) in [6, 6.07) is 8.28. The van der Waals surface area contributed by atoms with Gasteiger partial charge >= 0.3 is 7.12 Å². The first-order valence-corrected chi connectivity index (χ1v) is 5.74. The minimum absolute atomic E-state index is 0.245. The van der Waals surface area contributed by atoms with E-state index in [1.54, 1.807) is 0 Å². The van der Waals surface area contributed by atoms with Crippen molar-refractivity contribution in [3.8, 4) is 0 Å². The smallest absolute Gasteiger partial charge is 0.399 e. The maximum Gasteiger partial charge on any atom is 0.494 e. The zero-order valence-electron chi connectivity index (χ0n) is 10.7. The molecule has 0 amide bonds. The van der Waals surface area contributed by atoms with Gasteiger partial charge in [0.1, 0.15) is 7.85 Å². The Kier molecular flexibility index (Phi) is 2.67. The first-order chi connectivity index (χ1) is 7.32. The molecule has 0 bridgehead atoms. The lowest BCUT2D eigenvalue weighted by atomic mass is 9.76. The highest BCUT2D eigenvalue weighted by molar-refractivity contribution is 6.62. The van der Waals surface area contributed by atoms with Crippen LogP contribution in [0, 0.1) is 0 Å². The van der Waals surface area contributed by atoms with Crippen molar-refractivity contribution in [3.05, 3.63) is 24.3 Å². The fourth-order valence-corrected chi connectivity index (χ4v) is 1.80. The van der Waals surface area contributed by atoms with Gasteiger partial charge in [-0.25, -0.2) is 0 Å². The van der Waals surface area contributed by atoms with Gasteiger partial charge in [0.15, 0.2) is 0 Å². The van der Waals surface area contributed by atoms with E-state index in [9.17, 15) is 0 Å². The van der Waals surface area contributed by atoms with Crippen LogP contribution < -0.4 is 10.9 Å². The van der Waals surface area contributed by atoms with E-state index in [0.29, 0.717) is 0 Å². The monoisotopic (exact) mass is 216 g/mol. The first-order valence-electron chi connectivity index (χ1n) is 5.74. The second-order valence-electron chi connectivity index (χ2n) is 5.50. The highest BCUT2D eigenvalue weighted by Gasteiger charge is 2.51. The van der Waals surface area contributed by atoms with Crippen LogP contribution in [0.25, 0.3) is 0 Å². The van der Waals surface area contributed by atoms with Crippen LogP contribution in [0.2, 0.25) is 0 Å². The van der Waals surface area contributed by atoms with Gasteiger partial charge in [-0.2, -0.15) is 0 Å². The van der Waals surface area contributed by atoms with E-state index in [1.807, 2.05) is 6.07 Å². The van der Waals surface area contributed by atoms with Crippen molar-refractivity contribution < 1.29 is 9.31 Å². The Morgan fingerprint density at radius 3 is 2.12 bits per heavy atom. The Labute approximate surface area is 98.9 Å². The van der Waals surface area contributed by atoms with Gasteiger partial charge in [0.2, 0.25) is 0 Å². The van der Waals surface area contributed by atoms with E-state index in [-0.39, 0.29) is 18.3 Å². The van der Waals surface area contributed by atoms with Gasteiger partial charge in [0.25, 0.3) is 0 Å². The predicted molar refractivity (Wildman–Crippen MR) is 70.3 cm³/mol. The fraction of sp³-hybridized carbons (Fsp3) is 0.500. The van der Waals surface area contributed by atoms with Gasteiger partial charge in [0.05, 0.1) is 11.2 Å². The van der Waals surface area contributed by atoms with Crippen LogP contribution in [-0.4, -0.2) is 26.2 Å². The topological polar surface area (TPSA) is 18.5 Å². The maximum atomic E-state index is 5.98. The predicted octanol–water partition coefficient (Wildman–Crippen LogP) is 0.244. The SMILES string of the molecule is Bc1cccc(B2OC(C)(C)C(C)(C)O2)c1. The van der Waals surface area contributed by atoms with Gasteiger partial charge < -0.3 is 9.31 Å². The van der Waals surface area contributed by atoms with Gasteiger partial charge in [-0.05, 0) is 33.2 Å². The lowest BCUT2D eigenvalue weighted by Crippen LogP contribution is -2.41. The Morgan fingerprint density at radius 1 is 1.06 bits per heavy atom. The molecule has 2 rings (SSSR count). The summed E-state index contributed by atoms with van der Waals surface area (Å²) in [4.78, 5) is 0. The lowest BCUT2D eigenvalue weighted by Gasteiger charge is -2.32.